The number of morpholine rings is 1. The number of anilines is 1. The summed E-state index contributed by atoms with van der Waals surface area (Å²) in [7, 11) is 0. The summed E-state index contributed by atoms with van der Waals surface area (Å²) in [5.41, 5.74) is 3.27. The highest BCUT2D eigenvalue weighted by atomic mass is 16.5. The van der Waals surface area contributed by atoms with Gasteiger partial charge in [0.05, 0.1) is 24.6 Å². The molecule has 0 bridgehead atoms. The first-order chi connectivity index (χ1) is 17.1. The lowest BCUT2D eigenvalue weighted by Gasteiger charge is -2.27. The van der Waals surface area contributed by atoms with Gasteiger partial charge in [0.15, 0.2) is 0 Å². The highest BCUT2D eigenvalue weighted by Crippen LogP contribution is 2.23. The zero-order valence-electron chi connectivity index (χ0n) is 19.0. The van der Waals surface area contributed by atoms with E-state index in [0.717, 1.165) is 18.7 Å². The zero-order valence-corrected chi connectivity index (χ0v) is 19.0. The molecule has 1 saturated heterocycles. The summed E-state index contributed by atoms with van der Waals surface area (Å²) in [6.45, 7) is 3.52. The topological polar surface area (TPSA) is 116 Å². The summed E-state index contributed by atoms with van der Waals surface area (Å²) in [4.78, 5) is 47.8. The third-order valence-corrected chi connectivity index (χ3v) is 6.02. The number of hydrogen-bond donors (Lipinski definition) is 3. The molecule has 3 aromatic rings. The SMILES string of the molecule is O=C(NC1N=C(c2cc[nH]c(=O)c2)c2ccccc2NC1=O)c1ccccc1CN1CCOCC1. The lowest BCUT2D eigenvalue weighted by molar-refractivity contribution is -0.117. The van der Waals surface area contributed by atoms with E-state index in [4.69, 9.17) is 4.74 Å². The Kier molecular flexibility index (Phi) is 6.51. The molecule has 5 rings (SSSR count). The third kappa shape index (κ3) is 5.06. The quantitative estimate of drug-likeness (QED) is 0.524. The number of aliphatic imine (C=N–C) groups is 1. The zero-order chi connectivity index (χ0) is 24.2. The fraction of sp³-hybridized carbons (Fsp3) is 0.231. The van der Waals surface area contributed by atoms with Crippen molar-refractivity contribution in [1.82, 2.24) is 15.2 Å². The van der Waals surface area contributed by atoms with E-state index in [1.54, 1.807) is 30.3 Å². The Morgan fingerprint density at radius 1 is 1.06 bits per heavy atom. The number of carbonyl (C=O) groups is 2. The Bertz CT molecular complexity index is 1340. The number of amides is 2. The van der Waals surface area contributed by atoms with E-state index in [9.17, 15) is 14.4 Å². The molecule has 3 N–H and O–H groups in total. The van der Waals surface area contributed by atoms with Gasteiger partial charge in [0, 0.05) is 48.6 Å². The number of H-pyrrole nitrogens is 1. The Balaban J connectivity index is 1.46. The third-order valence-electron chi connectivity index (χ3n) is 6.02. The van der Waals surface area contributed by atoms with Crippen LogP contribution in [0.1, 0.15) is 27.0 Å². The van der Waals surface area contributed by atoms with Crippen LogP contribution in [-0.4, -0.2) is 59.9 Å². The number of benzene rings is 2. The summed E-state index contributed by atoms with van der Waals surface area (Å²) in [5, 5.41) is 5.63. The van der Waals surface area contributed by atoms with Crippen LogP contribution in [0.25, 0.3) is 0 Å². The van der Waals surface area contributed by atoms with Gasteiger partial charge >= 0.3 is 0 Å². The molecule has 2 aliphatic heterocycles. The molecule has 0 aliphatic carbocycles. The molecular weight excluding hydrogens is 446 g/mol. The summed E-state index contributed by atoms with van der Waals surface area (Å²) in [6.07, 6.45) is 0.346. The predicted octanol–water partition coefficient (Wildman–Crippen LogP) is 1.75. The van der Waals surface area contributed by atoms with Crippen molar-refractivity contribution in [3.63, 3.8) is 0 Å². The number of rotatable bonds is 5. The smallest absolute Gasteiger partial charge is 0.269 e. The molecule has 9 heteroatoms. The molecule has 1 aromatic heterocycles. The molecule has 35 heavy (non-hydrogen) atoms. The highest BCUT2D eigenvalue weighted by molar-refractivity contribution is 6.20. The minimum Gasteiger partial charge on any atom is -0.379 e. The molecule has 2 amide bonds. The molecule has 1 unspecified atom stereocenters. The summed E-state index contributed by atoms with van der Waals surface area (Å²) < 4.78 is 5.42. The Morgan fingerprint density at radius 2 is 1.83 bits per heavy atom. The number of hydrogen-bond acceptors (Lipinski definition) is 6. The standard InChI is InChI=1S/C26H25N5O4/c32-22-15-17(9-10-27-22)23-20-7-3-4-8-21(20)28-26(34)24(29-23)30-25(33)19-6-2-1-5-18(19)16-31-11-13-35-14-12-31/h1-10,15,24H,11-14,16H2,(H,27,32)(H,28,34)(H,30,33). The van der Waals surface area contributed by atoms with Crippen LogP contribution in [0.15, 0.2) is 76.6 Å². The van der Waals surface area contributed by atoms with Crippen molar-refractivity contribution in [2.24, 2.45) is 4.99 Å². The second kappa shape index (κ2) is 10.0. The number of para-hydroxylation sites is 1. The average Bonchev–Trinajstić information content (AvgIpc) is 3.01. The minimum absolute atomic E-state index is 0.288. The van der Waals surface area contributed by atoms with Crippen molar-refractivity contribution in [1.29, 1.82) is 0 Å². The van der Waals surface area contributed by atoms with Gasteiger partial charge in [-0.05, 0) is 23.8 Å². The van der Waals surface area contributed by atoms with Crippen molar-refractivity contribution < 1.29 is 14.3 Å². The summed E-state index contributed by atoms with van der Waals surface area (Å²) >= 11 is 0. The van der Waals surface area contributed by atoms with Crippen molar-refractivity contribution in [3.05, 3.63) is 99.5 Å². The molecule has 2 aliphatic rings. The number of fused-ring (bicyclic) bond motifs is 1. The number of nitrogens with one attached hydrogen (secondary N) is 3. The van der Waals surface area contributed by atoms with Crippen molar-refractivity contribution in [2.75, 3.05) is 31.6 Å². The fourth-order valence-electron chi connectivity index (χ4n) is 4.26. The van der Waals surface area contributed by atoms with Crippen LogP contribution < -0.4 is 16.2 Å². The molecule has 0 saturated carbocycles. The Labute approximate surface area is 201 Å². The van der Waals surface area contributed by atoms with Gasteiger partial charge in [-0.3, -0.25) is 19.3 Å². The van der Waals surface area contributed by atoms with E-state index >= 15 is 0 Å². The number of pyridine rings is 1. The molecule has 1 fully saturated rings. The number of aromatic nitrogens is 1. The van der Waals surface area contributed by atoms with Gasteiger partial charge in [-0.1, -0.05) is 36.4 Å². The van der Waals surface area contributed by atoms with Crippen LogP contribution in [0.2, 0.25) is 0 Å². The van der Waals surface area contributed by atoms with E-state index in [-0.39, 0.29) is 5.56 Å². The molecule has 1 atom stereocenters. The van der Waals surface area contributed by atoms with E-state index in [0.29, 0.717) is 47.8 Å². The first kappa shape index (κ1) is 22.7. The van der Waals surface area contributed by atoms with Crippen LogP contribution in [0.5, 0.6) is 0 Å². The highest BCUT2D eigenvalue weighted by Gasteiger charge is 2.28. The second-order valence-corrected chi connectivity index (χ2v) is 8.38. The van der Waals surface area contributed by atoms with E-state index in [2.05, 4.69) is 25.5 Å². The van der Waals surface area contributed by atoms with Gasteiger partial charge in [0.2, 0.25) is 11.7 Å². The molecule has 2 aromatic carbocycles. The Hall–Kier alpha value is -4.08. The van der Waals surface area contributed by atoms with Gasteiger partial charge in [-0.25, -0.2) is 4.99 Å². The first-order valence-electron chi connectivity index (χ1n) is 11.4. The van der Waals surface area contributed by atoms with Gasteiger partial charge in [-0.2, -0.15) is 0 Å². The van der Waals surface area contributed by atoms with Crippen molar-refractivity contribution in [2.45, 2.75) is 12.7 Å². The minimum atomic E-state index is -1.18. The fourth-order valence-corrected chi connectivity index (χ4v) is 4.26. The summed E-state index contributed by atoms with van der Waals surface area (Å²) in [5.74, 6) is -0.856. The number of nitrogens with zero attached hydrogens (tertiary/aromatic N) is 2. The first-order valence-corrected chi connectivity index (χ1v) is 11.4. The molecule has 0 spiro atoms. The maximum atomic E-state index is 13.3. The molecule has 178 valence electrons. The number of carbonyl (C=O) groups excluding carboxylic acids is 2. The lowest BCUT2D eigenvalue weighted by Crippen LogP contribution is -2.43. The lowest BCUT2D eigenvalue weighted by atomic mass is 10.0. The maximum Gasteiger partial charge on any atom is 0.269 e. The van der Waals surface area contributed by atoms with Gasteiger partial charge in [0.25, 0.3) is 11.8 Å². The van der Waals surface area contributed by atoms with E-state index in [1.807, 2.05) is 24.3 Å². The van der Waals surface area contributed by atoms with Crippen LogP contribution in [0.4, 0.5) is 5.69 Å². The number of benzodiazepines with no additional fused rings is 1. The largest absolute Gasteiger partial charge is 0.379 e. The molecule has 0 radical (unpaired) electrons. The molecular formula is C26H25N5O4. The van der Waals surface area contributed by atoms with Crippen LogP contribution >= 0.6 is 0 Å². The molecule has 9 nitrogen and oxygen atoms in total. The van der Waals surface area contributed by atoms with E-state index < -0.39 is 18.0 Å². The van der Waals surface area contributed by atoms with Crippen molar-refractivity contribution >= 4 is 23.2 Å². The van der Waals surface area contributed by atoms with E-state index in [1.165, 1.54) is 12.3 Å². The second-order valence-electron chi connectivity index (χ2n) is 8.38. The van der Waals surface area contributed by atoms with Crippen molar-refractivity contribution in [3.8, 4) is 0 Å². The van der Waals surface area contributed by atoms with Gasteiger partial charge in [-0.15, -0.1) is 0 Å². The predicted molar refractivity (Wildman–Crippen MR) is 132 cm³/mol. The normalized spacial score (nSPS) is 18.1. The van der Waals surface area contributed by atoms with Gasteiger partial charge < -0.3 is 20.4 Å². The number of aromatic amines is 1. The average molecular weight is 472 g/mol. The van der Waals surface area contributed by atoms with Crippen LogP contribution in [0.3, 0.4) is 0 Å². The summed E-state index contributed by atoms with van der Waals surface area (Å²) in [6, 6.07) is 17.7. The Morgan fingerprint density at radius 3 is 2.66 bits per heavy atom. The van der Waals surface area contributed by atoms with Crippen LogP contribution in [-0.2, 0) is 16.1 Å². The number of ether oxygens (including phenoxy) is 1. The monoisotopic (exact) mass is 471 g/mol. The maximum absolute atomic E-state index is 13.3. The van der Waals surface area contributed by atoms with Crippen LogP contribution in [0, 0.1) is 0 Å². The van der Waals surface area contributed by atoms with Gasteiger partial charge in [0.1, 0.15) is 0 Å². The molecule has 3 heterocycles.